The van der Waals surface area contributed by atoms with Gasteiger partial charge in [-0.05, 0) is 37.5 Å². The second-order valence-corrected chi connectivity index (χ2v) is 5.10. The van der Waals surface area contributed by atoms with Gasteiger partial charge in [-0.3, -0.25) is 0 Å². The number of benzene rings is 2. The van der Waals surface area contributed by atoms with Crippen LogP contribution >= 0.6 is 0 Å². The zero-order chi connectivity index (χ0) is 15.1. The van der Waals surface area contributed by atoms with E-state index in [9.17, 15) is 0 Å². The first-order valence-corrected chi connectivity index (χ1v) is 7.05. The van der Waals surface area contributed by atoms with E-state index >= 15 is 0 Å². The van der Waals surface area contributed by atoms with Gasteiger partial charge in [0.15, 0.2) is 0 Å². The third kappa shape index (κ3) is 4.63. The predicted molar refractivity (Wildman–Crippen MR) is 85.8 cm³/mol. The Hall–Kier alpha value is -2.29. The van der Waals surface area contributed by atoms with Crippen LogP contribution < -0.4 is 4.74 Å². The Morgan fingerprint density at radius 3 is 2.29 bits per heavy atom. The monoisotopic (exact) mass is 283 g/mol. The molecular formula is C18H21NO2. The molecule has 0 aromatic heterocycles. The van der Waals surface area contributed by atoms with Crippen LogP contribution in [0.1, 0.15) is 23.6 Å². The smallest absolute Gasteiger partial charge is 0.142 e. The maximum atomic E-state index is 5.82. The molecule has 0 aliphatic heterocycles. The number of para-hydroxylation sites is 1. The molecular weight excluding hydrogens is 262 g/mol. The van der Waals surface area contributed by atoms with Crippen LogP contribution in [0, 0.1) is 13.8 Å². The normalized spacial score (nSPS) is 11.3. The minimum atomic E-state index is 0.431. The van der Waals surface area contributed by atoms with Crippen molar-refractivity contribution in [2.24, 2.45) is 5.16 Å². The van der Waals surface area contributed by atoms with Crippen LogP contribution in [0.3, 0.4) is 0 Å². The highest BCUT2D eigenvalue weighted by Crippen LogP contribution is 2.22. The van der Waals surface area contributed by atoms with E-state index in [1.54, 1.807) is 0 Å². The summed E-state index contributed by atoms with van der Waals surface area (Å²) in [6.45, 7) is 6.89. The summed E-state index contributed by atoms with van der Waals surface area (Å²) in [5, 5.41) is 4.09. The van der Waals surface area contributed by atoms with Gasteiger partial charge in [0.1, 0.15) is 19.0 Å². The molecule has 0 fully saturated rings. The number of rotatable bonds is 6. The Bertz CT molecular complexity index is 586. The first-order valence-electron chi connectivity index (χ1n) is 7.05. The van der Waals surface area contributed by atoms with E-state index < -0.39 is 0 Å². The number of hydrogen-bond donors (Lipinski definition) is 0. The van der Waals surface area contributed by atoms with Crippen molar-refractivity contribution in [1.29, 1.82) is 0 Å². The molecule has 0 atom stereocenters. The minimum absolute atomic E-state index is 0.431. The standard InChI is InChI=1S/C18H21NO2/c1-14-8-7-9-15(2)18(14)20-12-16(3)19-21-13-17-10-5-4-6-11-17/h4-11H,12-13H2,1-3H3/b19-16+. The van der Waals surface area contributed by atoms with Crippen LogP contribution in [0.2, 0.25) is 0 Å². The van der Waals surface area contributed by atoms with Crippen LogP contribution in [0.15, 0.2) is 53.7 Å². The zero-order valence-corrected chi connectivity index (χ0v) is 12.8. The molecule has 0 bridgehead atoms. The van der Waals surface area contributed by atoms with Crippen LogP contribution in [-0.2, 0) is 11.4 Å². The second kappa shape index (κ2) is 7.48. The molecule has 0 aliphatic rings. The molecule has 21 heavy (non-hydrogen) atoms. The fraction of sp³-hybridized carbons (Fsp3) is 0.278. The molecule has 2 rings (SSSR count). The van der Waals surface area contributed by atoms with Crippen molar-refractivity contribution in [2.75, 3.05) is 6.61 Å². The van der Waals surface area contributed by atoms with E-state index in [0.29, 0.717) is 13.2 Å². The van der Waals surface area contributed by atoms with Crippen molar-refractivity contribution >= 4 is 5.71 Å². The lowest BCUT2D eigenvalue weighted by atomic mass is 10.1. The zero-order valence-electron chi connectivity index (χ0n) is 12.8. The molecule has 3 nitrogen and oxygen atoms in total. The van der Waals surface area contributed by atoms with Gasteiger partial charge in [-0.15, -0.1) is 0 Å². The first kappa shape index (κ1) is 15.1. The van der Waals surface area contributed by atoms with Crippen LogP contribution in [0.4, 0.5) is 0 Å². The summed E-state index contributed by atoms with van der Waals surface area (Å²) < 4.78 is 5.82. The molecule has 0 saturated carbocycles. The van der Waals surface area contributed by atoms with E-state index in [0.717, 1.165) is 28.2 Å². The van der Waals surface area contributed by atoms with Gasteiger partial charge in [0.2, 0.25) is 0 Å². The maximum Gasteiger partial charge on any atom is 0.142 e. The Balaban J connectivity index is 1.84. The van der Waals surface area contributed by atoms with E-state index in [1.165, 1.54) is 0 Å². The third-order valence-corrected chi connectivity index (χ3v) is 3.13. The summed E-state index contributed by atoms with van der Waals surface area (Å²) in [6.07, 6.45) is 0. The predicted octanol–water partition coefficient (Wildman–Crippen LogP) is 4.27. The summed E-state index contributed by atoms with van der Waals surface area (Å²) in [6, 6.07) is 16.1. The van der Waals surface area contributed by atoms with Crippen LogP contribution in [0.5, 0.6) is 5.75 Å². The van der Waals surface area contributed by atoms with Crippen LogP contribution in [-0.4, -0.2) is 12.3 Å². The minimum Gasteiger partial charge on any atom is -0.487 e. The van der Waals surface area contributed by atoms with Crippen molar-refractivity contribution in [3.63, 3.8) is 0 Å². The topological polar surface area (TPSA) is 30.8 Å². The molecule has 110 valence electrons. The maximum absolute atomic E-state index is 5.82. The fourth-order valence-electron chi connectivity index (χ4n) is 2.02. The molecule has 0 radical (unpaired) electrons. The summed E-state index contributed by atoms with van der Waals surface area (Å²) in [5.74, 6) is 0.926. The quantitative estimate of drug-likeness (QED) is 0.585. The molecule has 0 amide bonds. The van der Waals surface area contributed by atoms with Crippen molar-refractivity contribution in [3.8, 4) is 5.75 Å². The van der Waals surface area contributed by atoms with Crippen molar-refractivity contribution in [2.45, 2.75) is 27.4 Å². The molecule has 0 N–H and O–H groups in total. The number of ether oxygens (including phenoxy) is 1. The third-order valence-electron chi connectivity index (χ3n) is 3.13. The Labute approximate surface area is 126 Å². The molecule has 0 heterocycles. The van der Waals surface area contributed by atoms with Gasteiger partial charge in [-0.2, -0.15) is 0 Å². The van der Waals surface area contributed by atoms with Gasteiger partial charge in [0.25, 0.3) is 0 Å². The lowest BCUT2D eigenvalue weighted by Gasteiger charge is -2.11. The number of aryl methyl sites for hydroxylation is 2. The fourth-order valence-corrected chi connectivity index (χ4v) is 2.02. The molecule has 0 unspecified atom stereocenters. The summed E-state index contributed by atoms with van der Waals surface area (Å²) in [7, 11) is 0. The number of oxime groups is 1. The Morgan fingerprint density at radius 1 is 0.952 bits per heavy atom. The van der Waals surface area contributed by atoms with E-state index in [4.69, 9.17) is 9.57 Å². The van der Waals surface area contributed by atoms with Gasteiger partial charge in [-0.1, -0.05) is 53.7 Å². The van der Waals surface area contributed by atoms with Gasteiger partial charge < -0.3 is 9.57 Å². The average molecular weight is 283 g/mol. The molecule has 2 aromatic rings. The highest BCUT2D eigenvalue weighted by atomic mass is 16.6. The number of hydrogen-bond acceptors (Lipinski definition) is 3. The van der Waals surface area contributed by atoms with Gasteiger partial charge in [0, 0.05) is 0 Å². The molecule has 0 saturated heterocycles. The molecule has 3 heteroatoms. The van der Waals surface area contributed by atoms with Crippen molar-refractivity contribution < 1.29 is 9.57 Å². The SMILES string of the molecule is C/C(COc1c(C)cccc1C)=N\OCc1ccccc1. The second-order valence-electron chi connectivity index (χ2n) is 5.10. The highest BCUT2D eigenvalue weighted by Gasteiger charge is 2.04. The van der Waals surface area contributed by atoms with Crippen molar-refractivity contribution in [3.05, 3.63) is 65.2 Å². The number of nitrogens with zero attached hydrogens (tertiary/aromatic N) is 1. The van der Waals surface area contributed by atoms with Gasteiger partial charge in [0.05, 0.1) is 5.71 Å². The summed E-state index contributed by atoms with van der Waals surface area (Å²) in [5.41, 5.74) is 4.18. The average Bonchev–Trinajstić information content (AvgIpc) is 2.48. The van der Waals surface area contributed by atoms with E-state index in [1.807, 2.05) is 69.3 Å². The van der Waals surface area contributed by atoms with Gasteiger partial charge in [-0.25, -0.2) is 0 Å². The molecule has 0 aliphatic carbocycles. The molecule has 0 spiro atoms. The lowest BCUT2D eigenvalue weighted by molar-refractivity contribution is 0.128. The Kier molecular flexibility index (Phi) is 5.38. The summed E-state index contributed by atoms with van der Waals surface area (Å²) >= 11 is 0. The largest absolute Gasteiger partial charge is 0.487 e. The highest BCUT2D eigenvalue weighted by molar-refractivity contribution is 5.82. The summed E-state index contributed by atoms with van der Waals surface area (Å²) in [4.78, 5) is 5.34. The van der Waals surface area contributed by atoms with E-state index in [2.05, 4.69) is 5.16 Å². The van der Waals surface area contributed by atoms with Gasteiger partial charge >= 0.3 is 0 Å². The Morgan fingerprint density at radius 2 is 1.62 bits per heavy atom. The molecule has 2 aromatic carbocycles. The van der Waals surface area contributed by atoms with Crippen molar-refractivity contribution in [1.82, 2.24) is 0 Å². The first-order chi connectivity index (χ1) is 10.2. The van der Waals surface area contributed by atoms with Crippen LogP contribution in [0.25, 0.3) is 0 Å². The van der Waals surface area contributed by atoms with E-state index in [-0.39, 0.29) is 0 Å². The lowest BCUT2D eigenvalue weighted by Crippen LogP contribution is -2.09.